The van der Waals surface area contributed by atoms with Crippen LogP contribution in [0.15, 0.2) is 24.4 Å². The number of ether oxygens (including phenoxy) is 1. The lowest BCUT2D eigenvalue weighted by molar-refractivity contribution is 0.0690. The van der Waals surface area contributed by atoms with E-state index in [4.69, 9.17) is 4.74 Å². The topological polar surface area (TPSA) is 75.9 Å². The number of carboxylic acid groups (broad SMARTS) is 1. The van der Waals surface area contributed by atoms with Crippen LogP contribution in [-0.4, -0.2) is 40.2 Å². The Kier molecular flexibility index (Phi) is 4.57. The van der Waals surface area contributed by atoms with Gasteiger partial charge in [-0.25, -0.2) is 9.78 Å². The van der Waals surface area contributed by atoms with Gasteiger partial charge in [-0.3, -0.25) is 4.40 Å². The number of carbonyl (C=O) groups is 1. The smallest absolute Gasteiger partial charge is 0.356 e. The fourth-order valence-corrected chi connectivity index (χ4v) is 1.88. The van der Waals surface area contributed by atoms with Gasteiger partial charge in [0.1, 0.15) is 5.65 Å². The molecule has 0 unspecified atom stereocenters. The average molecular weight is 277 g/mol. The monoisotopic (exact) mass is 277 g/mol. The van der Waals surface area contributed by atoms with Crippen molar-refractivity contribution in [2.45, 2.75) is 13.8 Å². The van der Waals surface area contributed by atoms with Gasteiger partial charge in [-0.1, -0.05) is 19.9 Å². The van der Waals surface area contributed by atoms with Gasteiger partial charge in [0.25, 0.3) is 0 Å². The molecule has 0 fully saturated rings. The summed E-state index contributed by atoms with van der Waals surface area (Å²) in [5.74, 6) is -0.147. The summed E-state index contributed by atoms with van der Waals surface area (Å²) in [6, 6.07) is 5.37. The number of nitrogens with one attached hydrogen (secondary N) is 1. The Morgan fingerprint density at radius 2 is 2.30 bits per heavy atom. The summed E-state index contributed by atoms with van der Waals surface area (Å²) in [4.78, 5) is 15.6. The number of carboxylic acids is 1. The van der Waals surface area contributed by atoms with E-state index in [-0.39, 0.29) is 5.69 Å². The molecule has 108 valence electrons. The van der Waals surface area contributed by atoms with Crippen molar-refractivity contribution in [2.24, 2.45) is 5.92 Å². The molecule has 2 aromatic heterocycles. The first kappa shape index (κ1) is 14.3. The first-order valence-corrected chi connectivity index (χ1v) is 6.61. The summed E-state index contributed by atoms with van der Waals surface area (Å²) >= 11 is 0. The van der Waals surface area contributed by atoms with Crippen LogP contribution in [0.25, 0.3) is 5.65 Å². The van der Waals surface area contributed by atoms with Gasteiger partial charge >= 0.3 is 5.97 Å². The second-order valence-corrected chi connectivity index (χ2v) is 4.94. The molecule has 20 heavy (non-hydrogen) atoms. The number of hydrogen-bond donors (Lipinski definition) is 2. The lowest BCUT2D eigenvalue weighted by atomic mass is 10.2. The van der Waals surface area contributed by atoms with Crippen LogP contribution < -0.4 is 5.32 Å². The average Bonchev–Trinajstić information content (AvgIpc) is 2.76. The van der Waals surface area contributed by atoms with Crippen LogP contribution in [0.3, 0.4) is 0 Å². The maximum Gasteiger partial charge on any atom is 0.356 e. The second kappa shape index (κ2) is 6.38. The summed E-state index contributed by atoms with van der Waals surface area (Å²) in [7, 11) is 0. The van der Waals surface area contributed by atoms with Crippen LogP contribution in [0.4, 0.5) is 5.82 Å². The largest absolute Gasteiger partial charge is 0.476 e. The van der Waals surface area contributed by atoms with E-state index in [2.05, 4.69) is 24.1 Å². The molecule has 6 nitrogen and oxygen atoms in total. The Morgan fingerprint density at radius 1 is 1.50 bits per heavy atom. The highest BCUT2D eigenvalue weighted by Gasteiger charge is 2.17. The predicted molar refractivity (Wildman–Crippen MR) is 76.3 cm³/mol. The van der Waals surface area contributed by atoms with Gasteiger partial charge in [0, 0.05) is 19.3 Å². The van der Waals surface area contributed by atoms with E-state index in [9.17, 15) is 9.90 Å². The number of hydrogen-bond acceptors (Lipinski definition) is 4. The van der Waals surface area contributed by atoms with Crippen molar-refractivity contribution >= 4 is 17.4 Å². The van der Waals surface area contributed by atoms with E-state index in [1.165, 1.54) is 0 Å². The number of aromatic carboxylic acids is 1. The Hall–Kier alpha value is -2.08. The van der Waals surface area contributed by atoms with Gasteiger partial charge in [-0.05, 0) is 18.1 Å². The quantitative estimate of drug-likeness (QED) is 0.758. The van der Waals surface area contributed by atoms with E-state index in [0.29, 0.717) is 37.1 Å². The molecule has 0 spiro atoms. The fraction of sp³-hybridized carbons (Fsp3) is 0.429. The van der Waals surface area contributed by atoms with Crippen LogP contribution in [-0.2, 0) is 4.74 Å². The molecule has 0 amide bonds. The molecule has 2 aromatic rings. The Balaban J connectivity index is 2.06. The van der Waals surface area contributed by atoms with E-state index < -0.39 is 5.97 Å². The maximum absolute atomic E-state index is 11.3. The summed E-state index contributed by atoms with van der Waals surface area (Å²) in [5, 5.41) is 12.3. The molecular weight excluding hydrogens is 258 g/mol. The van der Waals surface area contributed by atoms with Gasteiger partial charge in [-0.15, -0.1) is 0 Å². The fourth-order valence-electron chi connectivity index (χ4n) is 1.88. The lowest BCUT2D eigenvalue weighted by Gasteiger charge is -2.07. The van der Waals surface area contributed by atoms with E-state index in [1.807, 2.05) is 6.07 Å². The predicted octanol–water partition coefficient (Wildman–Crippen LogP) is 2.12. The Labute approximate surface area is 117 Å². The molecule has 0 aliphatic carbocycles. The van der Waals surface area contributed by atoms with Crippen molar-refractivity contribution < 1.29 is 14.6 Å². The number of anilines is 1. The molecule has 0 atom stereocenters. The molecule has 0 aliphatic heterocycles. The van der Waals surface area contributed by atoms with Crippen LogP contribution in [0.1, 0.15) is 24.3 Å². The number of rotatable bonds is 7. The Bertz CT molecular complexity index is 592. The molecule has 6 heteroatoms. The molecule has 0 saturated heterocycles. The summed E-state index contributed by atoms with van der Waals surface area (Å²) in [6.45, 7) is 5.90. The third kappa shape index (κ3) is 3.27. The number of fused-ring (bicyclic) bond motifs is 1. The van der Waals surface area contributed by atoms with Crippen LogP contribution in [0, 0.1) is 5.92 Å². The minimum Gasteiger partial charge on any atom is -0.476 e. The Morgan fingerprint density at radius 3 is 3.00 bits per heavy atom. The standard InChI is InChI=1S/C14H19N3O3/c1-10(2)9-20-8-6-15-13-12(14(18)19)17-7-4-3-5-11(17)16-13/h3-5,7,10,15H,6,8-9H2,1-2H3,(H,18,19). The number of nitrogens with zero attached hydrogens (tertiary/aromatic N) is 2. The molecule has 0 radical (unpaired) electrons. The van der Waals surface area contributed by atoms with Gasteiger partial charge in [-0.2, -0.15) is 0 Å². The zero-order valence-corrected chi connectivity index (χ0v) is 11.7. The highest BCUT2D eigenvalue weighted by Crippen LogP contribution is 2.17. The summed E-state index contributed by atoms with van der Waals surface area (Å²) < 4.78 is 7.00. The van der Waals surface area contributed by atoms with Gasteiger partial charge < -0.3 is 15.2 Å². The molecule has 0 saturated carbocycles. The number of aromatic nitrogens is 2. The van der Waals surface area contributed by atoms with E-state index in [1.54, 1.807) is 22.7 Å². The van der Waals surface area contributed by atoms with Gasteiger partial charge in [0.05, 0.1) is 6.61 Å². The molecule has 0 bridgehead atoms. The van der Waals surface area contributed by atoms with Crippen LogP contribution in [0.2, 0.25) is 0 Å². The zero-order chi connectivity index (χ0) is 14.5. The highest BCUT2D eigenvalue weighted by molar-refractivity contribution is 5.92. The number of imidazole rings is 1. The molecule has 2 heterocycles. The van der Waals surface area contributed by atoms with Gasteiger partial charge in [0.15, 0.2) is 11.5 Å². The van der Waals surface area contributed by atoms with E-state index >= 15 is 0 Å². The normalized spacial score (nSPS) is 11.2. The van der Waals surface area contributed by atoms with Crippen LogP contribution in [0.5, 0.6) is 0 Å². The molecule has 2 rings (SSSR count). The molecular formula is C14H19N3O3. The van der Waals surface area contributed by atoms with Crippen molar-refractivity contribution in [2.75, 3.05) is 25.1 Å². The first-order valence-electron chi connectivity index (χ1n) is 6.61. The molecule has 2 N–H and O–H groups in total. The highest BCUT2D eigenvalue weighted by atomic mass is 16.5. The van der Waals surface area contributed by atoms with Crippen molar-refractivity contribution in [3.05, 3.63) is 30.1 Å². The van der Waals surface area contributed by atoms with Crippen molar-refractivity contribution in [1.82, 2.24) is 9.38 Å². The maximum atomic E-state index is 11.3. The van der Waals surface area contributed by atoms with Crippen molar-refractivity contribution in [3.8, 4) is 0 Å². The van der Waals surface area contributed by atoms with Crippen LogP contribution >= 0.6 is 0 Å². The minimum atomic E-state index is -1.01. The zero-order valence-electron chi connectivity index (χ0n) is 11.7. The van der Waals surface area contributed by atoms with Crippen molar-refractivity contribution in [3.63, 3.8) is 0 Å². The lowest BCUT2D eigenvalue weighted by Crippen LogP contribution is -2.14. The summed E-state index contributed by atoms with van der Waals surface area (Å²) in [6.07, 6.45) is 1.69. The minimum absolute atomic E-state index is 0.143. The molecule has 0 aromatic carbocycles. The SMILES string of the molecule is CC(C)COCCNc1nc2ccccn2c1C(=O)O. The molecule has 0 aliphatic rings. The van der Waals surface area contributed by atoms with Gasteiger partial charge in [0.2, 0.25) is 0 Å². The first-order chi connectivity index (χ1) is 9.59. The van der Waals surface area contributed by atoms with E-state index in [0.717, 1.165) is 0 Å². The van der Waals surface area contributed by atoms with Crippen molar-refractivity contribution in [1.29, 1.82) is 0 Å². The summed E-state index contributed by atoms with van der Waals surface area (Å²) in [5.41, 5.74) is 0.750. The number of pyridine rings is 1. The second-order valence-electron chi connectivity index (χ2n) is 4.94. The third-order valence-corrected chi connectivity index (χ3v) is 2.72. The third-order valence-electron chi connectivity index (χ3n) is 2.72.